The van der Waals surface area contributed by atoms with E-state index in [2.05, 4.69) is 17.0 Å². The lowest BCUT2D eigenvalue weighted by molar-refractivity contribution is -0.268. The average molecular weight is 716 g/mol. The molecule has 1 aromatic heterocycles. The molecule has 0 aliphatic carbocycles. The van der Waals surface area contributed by atoms with Crippen LogP contribution in [-0.4, -0.2) is 75.5 Å². The third kappa shape index (κ3) is 7.35. The lowest BCUT2D eigenvalue weighted by atomic mass is 9.92. The number of nitrogens with two attached hydrogens (primary N) is 1. The summed E-state index contributed by atoms with van der Waals surface area (Å²) in [6, 6.07) is 27.8. The van der Waals surface area contributed by atoms with Gasteiger partial charge in [-0.1, -0.05) is 54.6 Å². The van der Waals surface area contributed by atoms with Gasteiger partial charge in [-0.15, -0.1) is 11.0 Å². The Morgan fingerprint density at radius 2 is 1.57 bits per heavy atom. The number of fused-ring (bicyclic) bond motifs is 1. The van der Waals surface area contributed by atoms with Crippen LogP contribution >= 0.6 is 0 Å². The number of ether oxygens (including phenoxy) is 1. The Bertz CT molecular complexity index is 2120. The number of benzene rings is 4. The van der Waals surface area contributed by atoms with Gasteiger partial charge in [0.05, 0.1) is 31.0 Å². The van der Waals surface area contributed by atoms with Crippen molar-refractivity contribution in [2.75, 3.05) is 48.7 Å². The maximum Gasteiger partial charge on any atom is 0.260 e. The van der Waals surface area contributed by atoms with Crippen molar-refractivity contribution in [3.63, 3.8) is 0 Å². The lowest BCUT2D eigenvalue weighted by Gasteiger charge is -2.40. The molecule has 0 spiro atoms. The highest BCUT2D eigenvalue weighted by molar-refractivity contribution is 6.08. The predicted molar refractivity (Wildman–Crippen MR) is 200 cm³/mol. The average Bonchev–Trinajstić information content (AvgIpc) is 3.47. The largest absolute Gasteiger partial charge is 0.872 e. The van der Waals surface area contributed by atoms with Crippen LogP contribution in [0.5, 0.6) is 5.75 Å². The van der Waals surface area contributed by atoms with E-state index in [-0.39, 0.29) is 41.1 Å². The third-order valence-corrected chi connectivity index (χ3v) is 10.5. The van der Waals surface area contributed by atoms with Crippen molar-refractivity contribution in [1.29, 1.82) is 0 Å². The topological polar surface area (TPSA) is 151 Å². The minimum absolute atomic E-state index is 0.0175. The van der Waals surface area contributed by atoms with Gasteiger partial charge in [0.1, 0.15) is 0 Å². The first-order valence-electron chi connectivity index (χ1n) is 17.7. The summed E-state index contributed by atoms with van der Waals surface area (Å²) in [4.78, 5) is 35.2. The van der Waals surface area contributed by atoms with Crippen LogP contribution in [0.15, 0.2) is 97.1 Å². The molecule has 0 bridgehead atoms. The highest BCUT2D eigenvalue weighted by Gasteiger charge is 2.34. The van der Waals surface area contributed by atoms with Crippen molar-refractivity contribution < 1.29 is 29.8 Å². The summed E-state index contributed by atoms with van der Waals surface area (Å²) in [5, 5.41) is 32.2. The number of nitrogen functional groups attached to an aromatic ring is 1. The minimum atomic E-state index is -0.334. The summed E-state index contributed by atoms with van der Waals surface area (Å²) >= 11 is 0. The second-order valence-corrected chi connectivity index (χ2v) is 13.7. The van der Waals surface area contributed by atoms with E-state index in [9.17, 15) is 25.1 Å². The molecule has 1 atom stereocenters. The summed E-state index contributed by atoms with van der Waals surface area (Å²) in [6.45, 7) is 5.96. The van der Waals surface area contributed by atoms with E-state index in [1.165, 1.54) is 23.8 Å². The van der Waals surface area contributed by atoms with Gasteiger partial charge in [0.2, 0.25) is 0 Å². The van der Waals surface area contributed by atoms with Crippen molar-refractivity contribution in [3.8, 4) is 17.0 Å². The Kier molecular flexibility index (Phi) is 10.2. The van der Waals surface area contributed by atoms with Crippen molar-refractivity contribution >= 4 is 28.9 Å². The highest BCUT2D eigenvalue weighted by atomic mass is 16.8. The van der Waals surface area contributed by atoms with E-state index in [0.29, 0.717) is 72.2 Å². The summed E-state index contributed by atoms with van der Waals surface area (Å²) in [6.07, 6.45) is 0.699. The van der Waals surface area contributed by atoms with Crippen molar-refractivity contribution in [2.45, 2.75) is 32.5 Å². The molecule has 2 aliphatic heterocycles. The van der Waals surface area contributed by atoms with Gasteiger partial charge in [0.15, 0.2) is 0 Å². The number of anilines is 3. The molecule has 53 heavy (non-hydrogen) atoms. The quantitative estimate of drug-likeness (QED) is 0.142. The zero-order valence-electron chi connectivity index (χ0n) is 29.8. The maximum absolute atomic E-state index is 14.9. The number of aromatic nitrogens is 1. The Morgan fingerprint density at radius 3 is 2.28 bits per heavy atom. The van der Waals surface area contributed by atoms with Crippen LogP contribution in [0.1, 0.15) is 43.1 Å². The van der Waals surface area contributed by atoms with Crippen LogP contribution in [0.4, 0.5) is 17.1 Å². The summed E-state index contributed by atoms with van der Waals surface area (Å²) in [5.74, 6) is -0.714. The zero-order valence-corrected chi connectivity index (χ0v) is 29.8. The van der Waals surface area contributed by atoms with Crippen LogP contribution in [0, 0.1) is 6.92 Å². The first-order valence-corrected chi connectivity index (χ1v) is 17.7. The molecule has 2 aliphatic rings. The molecule has 0 radical (unpaired) electrons. The number of hydrogen-bond donors (Lipinski definition) is 3. The molecule has 4 N–H and O–H groups in total. The Hall–Kier alpha value is -5.66. The molecule has 3 heterocycles. The van der Waals surface area contributed by atoms with Crippen molar-refractivity contribution in [2.24, 2.45) is 7.05 Å². The van der Waals surface area contributed by atoms with E-state index in [1.54, 1.807) is 41.3 Å². The smallest absolute Gasteiger partial charge is 0.260 e. The van der Waals surface area contributed by atoms with Gasteiger partial charge in [-0.05, 0) is 72.5 Å². The number of para-hydroxylation sites is 1. The monoisotopic (exact) mass is 715 g/mol. The third-order valence-electron chi connectivity index (χ3n) is 10.5. The van der Waals surface area contributed by atoms with Crippen molar-refractivity contribution in [3.05, 3.63) is 131 Å². The molecule has 0 saturated carbocycles. The van der Waals surface area contributed by atoms with E-state index in [1.807, 2.05) is 53.8 Å². The molecular formula is C41H43N6O6-. The fourth-order valence-corrected chi connectivity index (χ4v) is 7.35. The van der Waals surface area contributed by atoms with Gasteiger partial charge in [-0.2, -0.15) is 0 Å². The first kappa shape index (κ1) is 35.7. The molecule has 12 heteroatoms. The number of morpholine rings is 1. The Labute approximate surface area is 308 Å². The molecule has 12 nitrogen and oxygen atoms in total. The van der Waals surface area contributed by atoms with Gasteiger partial charge in [0, 0.05) is 73.2 Å². The molecule has 1 saturated heterocycles. The second kappa shape index (κ2) is 15.1. The SMILES string of the molecule is Cc1c(C(=O)N(Cc2ccccc2N)c2ccc([O-])cc2)cc(-c2cc(N(O)O)ccc2C(=O)N2Cc3ccccc3C[C@H]2CN2CCOCC2)n1C. The van der Waals surface area contributed by atoms with Gasteiger partial charge in [0.25, 0.3) is 11.8 Å². The zero-order chi connectivity index (χ0) is 37.2. The van der Waals surface area contributed by atoms with E-state index < -0.39 is 0 Å². The molecular weight excluding hydrogens is 672 g/mol. The Balaban J connectivity index is 1.29. The number of carbonyl (C=O) groups is 2. The van der Waals surface area contributed by atoms with Crippen LogP contribution in [0.25, 0.3) is 11.3 Å². The number of nitrogens with zero attached hydrogens (tertiary/aromatic N) is 5. The predicted octanol–water partition coefficient (Wildman–Crippen LogP) is 4.99. The maximum atomic E-state index is 14.9. The summed E-state index contributed by atoms with van der Waals surface area (Å²) in [5.41, 5.74) is 12.8. The summed E-state index contributed by atoms with van der Waals surface area (Å²) < 4.78 is 7.42. The summed E-state index contributed by atoms with van der Waals surface area (Å²) in [7, 11) is 1.81. The fourth-order valence-electron chi connectivity index (χ4n) is 7.35. The molecule has 274 valence electrons. The lowest BCUT2D eigenvalue weighted by Crippen LogP contribution is -2.52. The normalized spacial score (nSPS) is 15.9. The molecule has 0 unspecified atom stereocenters. The number of amides is 2. The second-order valence-electron chi connectivity index (χ2n) is 13.7. The van der Waals surface area contributed by atoms with Crippen LogP contribution in [-0.2, 0) is 31.3 Å². The van der Waals surface area contributed by atoms with Gasteiger partial charge < -0.3 is 29.9 Å². The van der Waals surface area contributed by atoms with Crippen LogP contribution in [0.2, 0.25) is 0 Å². The molecule has 2 amide bonds. The van der Waals surface area contributed by atoms with Gasteiger partial charge in [-0.25, -0.2) is 0 Å². The van der Waals surface area contributed by atoms with E-state index in [0.717, 1.165) is 24.2 Å². The van der Waals surface area contributed by atoms with Crippen LogP contribution < -0.4 is 21.0 Å². The molecule has 1 fully saturated rings. The van der Waals surface area contributed by atoms with Crippen LogP contribution in [0.3, 0.4) is 0 Å². The van der Waals surface area contributed by atoms with Crippen molar-refractivity contribution in [1.82, 2.24) is 14.4 Å². The standard InChI is InChI=1S/C41H44N6O6/c1-27-36(41(50)45(31-11-14-34(48)15-12-31)25-30-9-5-6-10-38(30)42)23-39(43(27)2)37-22-32(47(51)52)13-16-35(37)40(49)46-24-29-8-4-3-7-28(29)21-33(46)26-44-17-19-53-20-18-44/h3-16,22-23,33,48,51-52H,17-21,24-26,42H2,1-2H3/p-1/t33-/m0/s1. The molecule has 4 aromatic carbocycles. The molecule has 7 rings (SSSR count). The van der Waals surface area contributed by atoms with Gasteiger partial charge >= 0.3 is 0 Å². The van der Waals surface area contributed by atoms with E-state index in [4.69, 9.17) is 10.5 Å². The Morgan fingerprint density at radius 1 is 0.887 bits per heavy atom. The first-order chi connectivity index (χ1) is 25.6. The highest BCUT2D eigenvalue weighted by Crippen LogP contribution is 2.35. The number of rotatable bonds is 9. The number of hydrogen-bond acceptors (Lipinski definition) is 9. The fraction of sp³-hybridized carbons (Fsp3) is 0.268. The van der Waals surface area contributed by atoms with E-state index >= 15 is 0 Å². The van der Waals surface area contributed by atoms with Gasteiger partial charge in [-0.3, -0.25) is 24.9 Å². The minimum Gasteiger partial charge on any atom is -0.872 e. The molecule has 5 aromatic rings. The number of carbonyl (C=O) groups excluding carboxylic acids is 2.